The van der Waals surface area contributed by atoms with Gasteiger partial charge in [0.2, 0.25) is 11.8 Å². The molecule has 214 valence electrons. The Balaban J connectivity index is 1.24. The molecule has 0 saturated heterocycles. The molecule has 41 heavy (non-hydrogen) atoms. The molecule has 11 heteroatoms. The molecule has 2 heterocycles. The Kier molecular flexibility index (Phi) is 6.10. The normalized spacial score (nSPS) is 30.4. The predicted molar refractivity (Wildman–Crippen MR) is 142 cm³/mol. The molecule has 3 unspecified atom stereocenters. The number of carbonyl (C=O) groups excluding carboxylic acids is 2. The summed E-state index contributed by atoms with van der Waals surface area (Å²) in [5, 5.41) is 12.5. The lowest BCUT2D eigenvalue weighted by Crippen LogP contribution is -2.52. The molecule has 2 aromatic rings. The van der Waals surface area contributed by atoms with Crippen LogP contribution in [0.4, 0.5) is 13.2 Å². The molecule has 2 amide bonds. The summed E-state index contributed by atoms with van der Waals surface area (Å²) in [6.07, 6.45) is -5.75. The van der Waals surface area contributed by atoms with Crippen molar-refractivity contribution in [2.24, 2.45) is 22.6 Å². The van der Waals surface area contributed by atoms with Gasteiger partial charge in [0.25, 0.3) is 0 Å². The maximum absolute atomic E-state index is 13.7. The second-order valence-corrected chi connectivity index (χ2v) is 12.2. The molecule has 4 aliphatic rings. The van der Waals surface area contributed by atoms with E-state index in [0.717, 1.165) is 0 Å². The molecule has 6 atom stereocenters. The zero-order valence-corrected chi connectivity index (χ0v) is 22.6. The molecule has 0 aromatic heterocycles. The molecule has 0 radical (unpaired) electrons. The lowest BCUT2D eigenvalue weighted by atomic mass is 9.85. The van der Waals surface area contributed by atoms with Crippen molar-refractivity contribution in [1.29, 1.82) is 5.26 Å². The Morgan fingerprint density at radius 1 is 1.22 bits per heavy atom. The van der Waals surface area contributed by atoms with Gasteiger partial charge in [-0.15, -0.1) is 0 Å². The molecule has 2 aromatic carbocycles. The lowest BCUT2D eigenvalue weighted by Gasteiger charge is -2.38. The van der Waals surface area contributed by atoms with Crippen molar-refractivity contribution in [3.63, 3.8) is 0 Å². The number of nitrogens with one attached hydrogen (secondary N) is 1. The van der Waals surface area contributed by atoms with Crippen LogP contribution < -0.4 is 15.8 Å². The van der Waals surface area contributed by atoms with Gasteiger partial charge in [-0.25, -0.2) is 4.99 Å². The number of guanidine groups is 1. The molecule has 3 N–H and O–H groups in total. The van der Waals surface area contributed by atoms with Crippen LogP contribution in [0.15, 0.2) is 53.5 Å². The number of aliphatic imine (C=N–C) groups is 1. The number of amides is 2. The molecule has 2 aliphatic heterocycles. The highest BCUT2D eigenvalue weighted by Crippen LogP contribution is 2.59. The first kappa shape index (κ1) is 27.1. The first-order valence-electron chi connectivity index (χ1n) is 13.6. The predicted octanol–water partition coefficient (Wildman–Crippen LogP) is 4.10. The Morgan fingerprint density at radius 2 is 1.98 bits per heavy atom. The van der Waals surface area contributed by atoms with Gasteiger partial charge < -0.3 is 15.8 Å². The SMILES string of the molecule is CC1(C)CC(=O)N(C(c2cccc(C#N)c2)[C@@H]2C[C@H]2C(=O)NC2CC23C[C@H](C(F)(F)F)Oc2ccccc23)C(N)=N1. The number of nitrogens with two attached hydrogens (primary N) is 1. The maximum atomic E-state index is 13.7. The van der Waals surface area contributed by atoms with Crippen LogP contribution in [0, 0.1) is 23.2 Å². The van der Waals surface area contributed by atoms with Crippen LogP contribution in [0.1, 0.15) is 62.3 Å². The number of halogens is 3. The second-order valence-electron chi connectivity index (χ2n) is 12.2. The van der Waals surface area contributed by atoms with Crippen LogP contribution in [-0.4, -0.2) is 46.5 Å². The van der Waals surface area contributed by atoms with Crippen molar-refractivity contribution in [2.75, 3.05) is 0 Å². The third-order valence-electron chi connectivity index (χ3n) is 8.73. The first-order chi connectivity index (χ1) is 19.3. The molecular formula is C30H30F3N5O3. The van der Waals surface area contributed by atoms with E-state index in [0.29, 0.717) is 29.5 Å². The summed E-state index contributed by atoms with van der Waals surface area (Å²) in [6.45, 7) is 3.63. The average molecular weight is 566 g/mol. The number of hydrogen-bond acceptors (Lipinski definition) is 6. The van der Waals surface area contributed by atoms with Gasteiger partial charge in [0.1, 0.15) is 5.75 Å². The number of carbonyl (C=O) groups is 2. The van der Waals surface area contributed by atoms with Crippen LogP contribution in [0.5, 0.6) is 5.75 Å². The number of nitriles is 1. The third-order valence-corrected chi connectivity index (χ3v) is 8.73. The van der Waals surface area contributed by atoms with E-state index in [2.05, 4.69) is 16.4 Å². The van der Waals surface area contributed by atoms with Crippen LogP contribution in [-0.2, 0) is 15.0 Å². The van der Waals surface area contributed by atoms with E-state index in [-0.39, 0.29) is 42.3 Å². The average Bonchev–Trinajstić information content (AvgIpc) is 3.82. The minimum absolute atomic E-state index is 0.0582. The van der Waals surface area contributed by atoms with Crippen LogP contribution in [0.2, 0.25) is 0 Å². The summed E-state index contributed by atoms with van der Waals surface area (Å²) in [5.41, 5.74) is 6.55. The fraction of sp³-hybridized carbons (Fsp3) is 0.467. The summed E-state index contributed by atoms with van der Waals surface area (Å²) >= 11 is 0. The maximum Gasteiger partial charge on any atom is 0.425 e. The van der Waals surface area contributed by atoms with Crippen LogP contribution in [0.25, 0.3) is 0 Å². The summed E-state index contributed by atoms with van der Waals surface area (Å²) < 4.78 is 46.4. The molecule has 1 spiro atoms. The van der Waals surface area contributed by atoms with Crippen LogP contribution in [0.3, 0.4) is 0 Å². The molecule has 8 nitrogen and oxygen atoms in total. The number of hydrogen-bond donors (Lipinski definition) is 2. The Morgan fingerprint density at radius 3 is 2.68 bits per heavy atom. The minimum atomic E-state index is -4.53. The van der Waals surface area contributed by atoms with Gasteiger partial charge in [-0.3, -0.25) is 14.5 Å². The molecule has 0 bridgehead atoms. The number of ether oxygens (including phenoxy) is 1. The van der Waals surface area contributed by atoms with E-state index < -0.39 is 41.2 Å². The number of rotatable bonds is 5. The molecule has 2 aliphatic carbocycles. The van der Waals surface area contributed by atoms with Gasteiger partial charge in [-0.2, -0.15) is 18.4 Å². The summed E-state index contributed by atoms with van der Waals surface area (Å²) in [5.74, 6) is -1.02. The van der Waals surface area contributed by atoms with E-state index >= 15 is 0 Å². The zero-order chi connectivity index (χ0) is 29.3. The number of nitrogens with zero attached hydrogens (tertiary/aromatic N) is 3. The zero-order valence-electron chi connectivity index (χ0n) is 22.6. The van der Waals surface area contributed by atoms with Gasteiger partial charge in [0, 0.05) is 29.4 Å². The molecule has 2 saturated carbocycles. The molecule has 6 rings (SSSR count). The fourth-order valence-corrected chi connectivity index (χ4v) is 6.62. The number of para-hydroxylation sites is 1. The molecular weight excluding hydrogens is 535 g/mol. The van der Waals surface area contributed by atoms with Gasteiger partial charge >= 0.3 is 6.18 Å². The van der Waals surface area contributed by atoms with Crippen molar-refractivity contribution in [2.45, 2.75) is 74.8 Å². The van der Waals surface area contributed by atoms with E-state index in [4.69, 9.17) is 10.5 Å². The summed E-state index contributed by atoms with van der Waals surface area (Å²) in [4.78, 5) is 32.8. The fourth-order valence-electron chi connectivity index (χ4n) is 6.62. The largest absolute Gasteiger partial charge is 0.481 e. The standard InChI is InChI=1S/C30H30F3N5O3/c1-28(2)14-24(39)38(27(35)37-28)25(17-7-5-6-16(10-17)15-34)18-11-19(18)26(40)36-22-12-29(22)13-23(30(31,32)33)41-21-9-4-3-8-20(21)29/h3-10,18-19,22-23,25H,11-14H2,1-2H3,(H2,35,37)(H,36,40)/t18-,19-,22?,23-,25?,29?/m1/s1. The highest BCUT2D eigenvalue weighted by molar-refractivity contribution is 5.99. The Bertz CT molecular complexity index is 1500. The quantitative estimate of drug-likeness (QED) is 0.566. The van der Waals surface area contributed by atoms with E-state index in [1.165, 1.54) is 11.0 Å². The third kappa shape index (κ3) is 4.79. The molecule has 2 fully saturated rings. The number of fused-ring (bicyclic) bond motifs is 2. The van der Waals surface area contributed by atoms with Crippen LogP contribution >= 0.6 is 0 Å². The van der Waals surface area contributed by atoms with Gasteiger partial charge in [-0.1, -0.05) is 30.3 Å². The second kappa shape index (κ2) is 9.23. The topological polar surface area (TPSA) is 121 Å². The van der Waals surface area contributed by atoms with E-state index in [1.54, 1.807) is 42.5 Å². The van der Waals surface area contributed by atoms with E-state index in [9.17, 15) is 28.0 Å². The lowest BCUT2D eigenvalue weighted by molar-refractivity contribution is -0.202. The van der Waals surface area contributed by atoms with Gasteiger partial charge in [-0.05, 0) is 56.4 Å². The van der Waals surface area contributed by atoms with Crippen molar-refractivity contribution in [3.8, 4) is 11.8 Å². The summed E-state index contributed by atoms with van der Waals surface area (Å²) in [6, 6.07) is 14.6. The Labute approximate surface area is 235 Å². The minimum Gasteiger partial charge on any atom is -0.481 e. The number of benzene rings is 2. The highest BCUT2D eigenvalue weighted by Gasteiger charge is 2.64. The highest BCUT2D eigenvalue weighted by atomic mass is 19.4. The number of alkyl halides is 3. The van der Waals surface area contributed by atoms with Gasteiger partial charge in [0.15, 0.2) is 12.1 Å². The van der Waals surface area contributed by atoms with Crippen molar-refractivity contribution >= 4 is 17.8 Å². The van der Waals surface area contributed by atoms with Crippen molar-refractivity contribution < 1.29 is 27.5 Å². The first-order valence-corrected chi connectivity index (χ1v) is 13.6. The van der Waals surface area contributed by atoms with Gasteiger partial charge in [0.05, 0.1) is 29.6 Å². The van der Waals surface area contributed by atoms with Crippen molar-refractivity contribution in [1.82, 2.24) is 10.2 Å². The summed E-state index contributed by atoms with van der Waals surface area (Å²) in [7, 11) is 0. The van der Waals surface area contributed by atoms with Crippen molar-refractivity contribution in [3.05, 3.63) is 65.2 Å². The van der Waals surface area contributed by atoms with E-state index in [1.807, 2.05) is 13.8 Å². The smallest absolute Gasteiger partial charge is 0.425 e. The monoisotopic (exact) mass is 565 g/mol. The Hall–Kier alpha value is -4.07.